The Morgan fingerprint density at radius 1 is 1.04 bits per heavy atom. The molecule has 0 saturated carbocycles. The third-order valence-electron chi connectivity index (χ3n) is 3.45. The van der Waals surface area contributed by atoms with Crippen LogP contribution in [0.25, 0.3) is 10.9 Å². The van der Waals surface area contributed by atoms with Gasteiger partial charge in [0.1, 0.15) is 10.6 Å². The molecule has 3 rings (SSSR count). The molecule has 1 aromatic heterocycles. The van der Waals surface area contributed by atoms with Crippen molar-refractivity contribution in [1.29, 1.82) is 0 Å². The smallest absolute Gasteiger partial charge is 0.404 e. The van der Waals surface area contributed by atoms with Crippen LogP contribution in [0.15, 0.2) is 59.5 Å². The standard InChI is InChI=1S/C17H13F3N2O3S/c1-11-10-14(12-6-2-3-7-13(12)21-11)22-26(23,24)16-9-5-4-8-15(16)25-17(18,19)20/h2-10H,1H3,(H,21,22). The molecule has 3 aromatic rings. The highest BCUT2D eigenvalue weighted by atomic mass is 32.2. The summed E-state index contributed by atoms with van der Waals surface area (Å²) in [6.45, 7) is 1.69. The van der Waals surface area contributed by atoms with Crippen LogP contribution in [-0.4, -0.2) is 19.8 Å². The molecule has 1 N–H and O–H groups in total. The predicted molar refractivity (Wildman–Crippen MR) is 90.4 cm³/mol. The van der Waals surface area contributed by atoms with Gasteiger partial charge < -0.3 is 4.74 Å². The van der Waals surface area contributed by atoms with E-state index in [2.05, 4.69) is 14.4 Å². The Labute approximate surface area is 147 Å². The molecule has 0 atom stereocenters. The van der Waals surface area contributed by atoms with Crippen LogP contribution >= 0.6 is 0 Å². The number of hydrogen-bond acceptors (Lipinski definition) is 4. The first-order valence-electron chi connectivity index (χ1n) is 7.40. The molecule has 9 heteroatoms. The largest absolute Gasteiger partial charge is 0.573 e. The number of hydrogen-bond donors (Lipinski definition) is 1. The van der Waals surface area contributed by atoms with E-state index in [1.807, 2.05) is 0 Å². The molecule has 0 aliphatic carbocycles. The minimum absolute atomic E-state index is 0.218. The molecule has 0 fully saturated rings. The molecule has 0 amide bonds. The Kier molecular flexibility index (Phi) is 4.49. The number of para-hydroxylation sites is 2. The molecule has 0 unspecified atom stereocenters. The Balaban J connectivity index is 2.07. The van der Waals surface area contributed by atoms with Crippen molar-refractivity contribution in [2.24, 2.45) is 0 Å². The zero-order chi connectivity index (χ0) is 18.9. The molecule has 136 valence electrons. The highest BCUT2D eigenvalue weighted by Gasteiger charge is 2.34. The number of aryl methyl sites for hydroxylation is 1. The van der Waals surface area contributed by atoms with Gasteiger partial charge >= 0.3 is 6.36 Å². The number of aromatic nitrogens is 1. The van der Waals surface area contributed by atoms with E-state index in [1.54, 1.807) is 31.2 Å². The maximum absolute atomic E-state index is 12.7. The quantitative estimate of drug-likeness (QED) is 0.733. The van der Waals surface area contributed by atoms with Gasteiger partial charge in [0.05, 0.1) is 11.2 Å². The SMILES string of the molecule is Cc1cc(NS(=O)(=O)c2ccccc2OC(F)(F)F)c2ccccc2n1. The van der Waals surface area contributed by atoms with Gasteiger partial charge in [-0.15, -0.1) is 13.2 Å². The van der Waals surface area contributed by atoms with Crippen molar-refractivity contribution in [1.82, 2.24) is 4.98 Å². The molecule has 5 nitrogen and oxygen atoms in total. The van der Waals surface area contributed by atoms with Crippen LogP contribution in [0.5, 0.6) is 5.75 Å². The van der Waals surface area contributed by atoms with E-state index in [0.29, 0.717) is 16.6 Å². The average molecular weight is 382 g/mol. The molecular formula is C17H13F3N2O3S. The lowest BCUT2D eigenvalue weighted by Crippen LogP contribution is -2.21. The number of fused-ring (bicyclic) bond motifs is 1. The van der Waals surface area contributed by atoms with Gasteiger partial charge in [-0.3, -0.25) is 9.71 Å². The minimum atomic E-state index is -5.01. The van der Waals surface area contributed by atoms with E-state index in [0.717, 1.165) is 12.1 Å². The van der Waals surface area contributed by atoms with E-state index >= 15 is 0 Å². The van der Waals surface area contributed by atoms with Crippen LogP contribution in [0.2, 0.25) is 0 Å². The summed E-state index contributed by atoms with van der Waals surface area (Å²) < 4.78 is 69.2. The zero-order valence-electron chi connectivity index (χ0n) is 13.4. The molecular weight excluding hydrogens is 369 g/mol. The monoisotopic (exact) mass is 382 g/mol. The van der Waals surface area contributed by atoms with Crippen LogP contribution in [0, 0.1) is 6.92 Å². The van der Waals surface area contributed by atoms with Gasteiger partial charge in [-0.05, 0) is 31.2 Å². The van der Waals surface area contributed by atoms with Gasteiger partial charge in [0, 0.05) is 11.1 Å². The fourth-order valence-electron chi connectivity index (χ4n) is 2.47. The van der Waals surface area contributed by atoms with E-state index in [9.17, 15) is 21.6 Å². The summed E-state index contributed by atoms with van der Waals surface area (Å²) in [5, 5.41) is 0.524. The molecule has 26 heavy (non-hydrogen) atoms. The average Bonchev–Trinajstić information content (AvgIpc) is 2.53. The summed E-state index contributed by atoms with van der Waals surface area (Å²) in [6, 6.07) is 12.9. The summed E-state index contributed by atoms with van der Waals surface area (Å²) in [7, 11) is -4.33. The number of pyridine rings is 1. The number of alkyl halides is 3. The lowest BCUT2D eigenvalue weighted by molar-refractivity contribution is -0.275. The first-order chi connectivity index (χ1) is 12.2. The van der Waals surface area contributed by atoms with Crippen molar-refractivity contribution < 1.29 is 26.3 Å². The second-order valence-electron chi connectivity index (χ2n) is 5.43. The van der Waals surface area contributed by atoms with Crippen molar-refractivity contribution in [3.05, 3.63) is 60.3 Å². The van der Waals surface area contributed by atoms with Gasteiger partial charge in [0.2, 0.25) is 0 Å². The molecule has 1 heterocycles. The van der Waals surface area contributed by atoms with E-state index in [-0.39, 0.29) is 5.69 Å². The third kappa shape index (κ3) is 3.88. The summed E-state index contributed by atoms with van der Waals surface area (Å²) in [4.78, 5) is 3.68. The number of halogens is 3. The summed E-state index contributed by atoms with van der Waals surface area (Å²) >= 11 is 0. The molecule has 0 aliphatic heterocycles. The van der Waals surface area contributed by atoms with Gasteiger partial charge in [0.15, 0.2) is 0 Å². The first kappa shape index (κ1) is 18.0. The van der Waals surface area contributed by atoms with Gasteiger partial charge in [-0.25, -0.2) is 8.42 Å². The maximum Gasteiger partial charge on any atom is 0.573 e. The minimum Gasteiger partial charge on any atom is -0.404 e. The zero-order valence-corrected chi connectivity index (χ0v) is 14.2. The topological polar surface area (TPSA) is 68.3 Å². The van der Waals surface area contributed by atoms with Crippen LogP contribution in [-0.2, 0) is 10.0 Å². The Hall–Kier alpha value is -2.81. The molecule has 0 spiro atoms. The highest BCUT2D eigenvalue weighted by Crippen LogP contribution is 2.32. The van der Waals surface area contributed by atoms with Crippen LogP contribution in [0.4, 0.5) is 18.9 Å². The molecule has 0 radical (unpaired) electrons. The number of anilines is 1. The van der Waals surface area contributed by atoms with Crippen molar-refractivity contribution in [3.63, 3.8) is 0 Å². The second kappa shape index (κ2) is 6.49. The Morgan fingerprint density at radius 2 is 1.69 bits per heavy atom. The molecule has 0 bridgehead atoms. The van der Waals surface area contributed by atoms with E-state index in [4.69, 9.17) is 0 Å². The molecule has 0 aliphatic rings. The lowest BCUT2D eigenvalue weighted by Gasteiger charge is -2.15. The second-order valence-corrected chi connectivity index (χ2v) is 7.08. The first-order valence-corrected chi connectivity index (χ1v) is 8.88. The van der Waals surface area contributed by atoms with E-state index in [1.165, 1.54) is 18.2 Å². The van der Waals surface area contributed by atoms with Gasteiger partial charge in [0.25, 0.3) is 10.0 Å². The van der Waals surface area contributed by atoms with Crippen molar-refractivity contribution in [2.75, 3.05) is 4.72 Å². The summed E-state index contributed by atoms with van der Waals surface area (Å²) in [5.41, 5.74) is 1.33. The van der Waals surface area contributed by atoms with Gasteiger partial charge in [-0.1, -0.05) is 30.3 Å². The van der Waals surface area contributed by atoms with Crippen LogP contribution in [0.3, 0.4) is 0 Å². The fraction of sp³-hybridized carbons (Fsp3) is 0.118. The number of sulfonamides is 1. The normalized spacial score (nSPS) is 12.2. The number of rotatable bonds is 4. The maximum atomic E-state index is 12.7. The van der Waals surface area contributed by atoms with Crippen molar-refractivity contribution in [3.8, 4) is 5.75 Å². The van der Waals surface area contributed by atoms with E-state index < -0.39 is 27.0 Å². The van der Waals surface area contributed by atoms with Crippen LogP contribution < -0.4 is 9.46 Å². The fourth-order valence-corrected chi connectivity index (χ4v) is 3.67. The van der Waals surface area contributed by atoms with Gasteiger partial charge in [-0.2, -0.15) is 0 Å². The molecule has 2 aromatic carbocycles. The summed E-state index contributed by atoms with van der Waals surface area (Å²) in [6.07, 6.45) is -5.01. The number of nitrogens with one attached hydrogen (secondary N) is 1. The number of ether oxygens (including phenoxy) is 1. The lowest BCUT2D eigenvalue weighted by atomic mass is 10.2. The van der Waals surface area contributed by atoms with Crippen molar-refractivity contribution in [2.45, 2.75) is 18.2 Å². The van der Waals surface area contributed by atoms with Crippen LogP contribution in [0.1, 0.15) is 5.69 Å². The Bertz CT molecular complexity index is 1070. The predicted octanol–water partition coefficient (Wildman–Crippen LogP) is 4.24. The Morgan fingerprint density at radius 3 is 2.42 bits per heavy atom. The third-order valence-corrected chi connectivity index (χ3v) is 4.86. The van der Waals surface area contributed by atoms with Crippen molar-refractivity contribution >= 4 is 26.6 Å². The summed E-state index contributed by atoms with van der Waals surface area (Å²) in [5.74, 6) is -0.803. The highest BCUT2D eigenvalue weighted by molar-refractivity contribution is 7.92. The number of nitrogens with zero attached hydrogens (tertiary/aromatic N) is 1. The number of benzene rings is 2. The molecule has 0 saturated heterocycles.